The highest BCUT2D eigenvalue weighted by Crippen LogP contribution is 2.30. The van der Waals surface area contributed by atoms with Crippen molar-refractivity contribution < 1.29 is 14.3 Å². The van der Waals surface area contributed by atoms with Crippen LogP contribution in [-0.2, 0) is 20.7 Å². The maximum atomic E-state index is 12.6. The molecule has 106 valence electrons. The van der Waals surface area contributed by atoms with Gasteiger partial charge in [-0.05, 0) is 5.56 Å². The number of benzene rings is 1. The number of hydrogen-bond acceptors (Lipinski definition) is 3. The predicted octanol–water partition coefficient (Wildman–Crippen LogP) is 1.02. The molecular formula is C15H18N2O3. The van der Waals surface area contributed by atoms with Crippen LogP contribution in [0.3, 0.4) is 0 Å². The second-order valence-corrected chi connectivity index (χ2v) is 4.83. The van der Waals surface area contributed by atoms with E-state index in [9.17, 15) is 9.59 Å². The van der Waals surface area contributed by atoms with E-state index in [2.05, 4.69) is 6.58 Å². The summed E-state index contributed by atoms with van der Waals surface area (Å²) in [7, 11) is 4.53. The number of rotatable bonds is 3. The number of carbonyl (C=O) groups excluding carboxylic acids is 2. The Bertz CT molecular complexity index is 555. The lowest BCUT2D eigenvalue weighted by Crippen LogP contribution is -2.67. The first-order chi connectivity index (χ1) is 9.44. The number of methoxy groups -OCH3 is 1. The molecule has 1 aromatic carbocycles. The summed E-state index contributed by atoms with van der Waals surface area (Å²) in [5.41, 5.74) is -0.254. The SMILES string of the molecule is C=C1C(=O)N(C)C(Cc2ccccc2)(OC)C(=O)N1C. The summed E-state index contributed by atoms with van der Waals surface area (Å²) >= 11 is 0. The molecule has 0 spiro atoms. The highest BCUT2D eigenvalue weighted by atomic mass is 16.5. The Morgan fingerprint density at radius 2 is 1.80 bits per heavy atom. The van der Waals surface area contributed by atoms with Gasteiger partial charge in [0.2, 0.25) is 5.72 Å². The molecule has 1 aliphatic rings. The lowest BCUT2D eigenvalue weighted by atomic mass is 9.96. The molecule has 0 bridgehead atoms. The van der Waals surface area contributed by atoms with Crippen LogP contribution in [-0.4, -0.2) is 48.5 Å². The van der Waals surface area contributed by atoms with Crippen LogP contribution in [0.5, 0.6) is 0 Å². The minimum atomic E-state index is -1.33. The Hall–Kier alpha value is -2.14. The van der Waals surface area contributed by atoms with Gasteiger partial charge in [0.15, 0.2) is 0 Å². The molecule has 5 nitrogen and oxygen atoms in total. The van der Waals surface area contributed by atoms with E-state index in [0.29, 0.717) is 6.42 Å². The predicted molar refractivity (Wildman–Crippen MR) is 74.6 cm³/mol. The summed E-state index contributed by atoms with van der Waals surface area (Å²) in [6, 6.07) is 9.47. The zero-order valence-corrected chi connectivity index (χ0v) is 11.9. The van der Waals surface area contributed by atoms with Crippen molar-refractivity contribution in [1.29, 1.82) is 0 Å². The first-order valence-electron chi connectivity index (χ1n) is 6.28. The summed E-state index contributed by atoms with van der Waals surface area (Å²) in [5, 5.41) is 0. The van der Waals surface area contributed by atoms with Gasteiger partial charge in [-0.25, -0.2) is 0 Å². The molecule has 1 fully saturated rings. The number of amides is 2. The molecule has 1 heterocycles. The average molecular weight is 274 g/mol. The van der Waals surface area contributed by atoms with Crippen molar-refractivity contribution in [2.75, 3.05) is 21.2 Å². The van der Waals surface area contributed by atoms with Crippen molar-refractivity contribution in [2.45, 2.75) is 12.1 Å². The Morgan fingerprint density at radius 3 is 2.35 bits per heavy atom. The van der Waals surface area contributed by atoms with Gasteiger partial charge in [0.05, 0.1) is 0 Å². The Kier molecular flexibility index (Phi) is 3.63. The standard InChI is InChI=1S/C15H18N2O3/c1-11-13(18)17(3)15(20-4,14(19)16(11)2)10-12-8-6-5-7-9-12/h5-9H,1,10H2,2-4H3. The van der Waals surface area contributed by atoms with Crippen molar-refractivity contribution in [3.8, 4) is 0 Å². The zero-order chi connectivity index (χ0) is 14.9. The fourth-order valence-corrected chi connectivity index (χ4v) is 2.39. The third kappa shape index (κ3) is 2.00. The molecule has 1 saturated heterocycles. The smallest absolute Gasteiger partial charge is 0.280 e. The van der Waals surface area contributed by atoms with Crippen LogP contribution in [0.4, 0.5) is 0 Å². The van der Waals surface area contributed by atoms with Crippen LogP contribution < -0.4 is 0 Å². The number of hydrogen-bond donors (Lipinski definition) is 0. The second-order valence-electron chi connectivity index (χ2n) is 4.83. The molecule has 2 amide bonds. The molecule has 2 rings (SSSR count). The summed E-state index contributed by atoms with van der Waals surface area (Å²) in [6.45, 7) is 3.64. The van der Waals surface area contributed by atoms with Crippen LogP contribution in [0, 0.1) is 0 Å². The molecule has 0 saturated carbocycles. The number of likely N-dealkylation sites (N-methyl/N-ethyl adjacent to an activating group) is 2. The third-order valence-electron chi connectivity index (χ3n) is 3.76. The largest absolute Gasteiger partial charge is 0.350 e. The van der Waals surface area contributed by atoms with E-state index in [1.165, 1.54) is 24.0 Å². The van der Waals surface area contributed by atoms with E-state index in [1.807, 2.05) is 30.3 Å². The van der Waals surface area contributed by atoms with Gasteiger partial charge in [0.1, 0.15) is 5.70 Å². The van der Waals surface area contributed by atoms with E-state index in [0.717, 1.165) is 5.56 Å². The maximum absolute atomic E-state index is 12.6. The van der Waals surface area contributed by atoms with Crippen LogP contribution >= 0.6 is 0 Å². The Morgan fingerprint density at radius 1 is 1.20 bits per heavy atom. The van der Waals surface area contributed by atoms with Crippen molar-refractivity contribution in [2.24, 2.45) is 0 Å². The van der Waals surface area contributed by atoms with Crippen LogP contribution in [0.1, 0.15) is 5.56 Å². The fourth-order valence-electron chi connectivity index (χ4n) is 2.39. The molecule has 0 N–H and O–H groups in total. The fraction of sp³-hybridized carbons (Fsp3) is 0.333. The van der Waals surface area contributed by atoms with E-state index in [1.54, 1.807) is 7.05 Å². The minimum Gasteiger partial charge on any atom is -0.350 e. The van der Waals surface area contributed by atoms with Crippen molar-refractivity contribution >= 4 is 11.8 Å². The first kappa shape index (κ1) is 14.3. The molecule has 0 radical (unpaired) electrons. The minimum absolute atomic E-state index is 0.151. The second kappa shape index (κ2) is 5.09. The van der Waals surface area contributed by atoms with Crippen molar-refractivity contribution in [3.63, 3.8) is 0 Å². The molecule has 1 unspecified atom stereocenters. The number of piperazine rings is 1. The monoisotopic (exact) mass is 274 g/mol. The van der Waals surface area contributed by atoms with Crippen LogP contribution in [0.25, 0.3) is 0 Å². The van der Waals surface area contributed by atoms with E-state index in [4.69, 9.17) is 4.74 Å². The zero-order valence-electron chi connectivity index (χ0n) is 11.9. The topological polar surface area (TPSA) is 49.9 Å². The molecular weight excluding hydrogens is 256 g/mol. The van der Waals surface area contributed by atoms with Gasteiger partial charge in [-0.1, -0.05) is 36.9 Å². The summed E-state index contributed by atoms with van der Waals surface area (Å²) in [4.78, 5) is 27.4. The van der Waals surface area contributed by atoms with E-state index >= 15 is 0 Å². The summed E-state index contributed by atoms with van der Waals surface area (Å²) < 4.78 is 5.47. The lowest BCUT2D eigenvalue weighted by Gasteiger charge is -2.46. The molecule has 1 atom stereocenters. The van der Waals surface area contributed by atoms with Gasteiger partial charge >= 0.3 is 0 Å². The van der Waals surface area contributed by atoms with Crippen molar-refractivity contribution in [1.82, 2.24) is 9.80 Å². The van der Waals surface area contributed by atoms with Crippen molar-refractivity contribution in [3.05, 3.63) is 48.2 Å². The molecule has 5 heteroatoms. The number of carbonyl (C=O) groups is 2. The molecule has 1 aromatic rings. The van der Waals surface area contributed by atoms with Gasteiger partial charge < -0.3 is 14.5 Å². The summed E-state index contributed by atoms with van der Waals surface area (Å²) in [6.07, 6.45) is 0.295. The van der Waals surface area contributed by atoms with Gasteiger partial charge in [0, 0.05) is 27.6 Å². The Balaban J connectivity index is 2.44. The van der Waals surface area contributed by atoms with Crippen LogP contribution in [0.2, 0.25) is 0 Å². The molecule has 20 heavy (non-hydrogen) atoms. The van der Waals surface area contributed by atoms with E-state index < -0.39 is 5.72 Å². The number of nitrogens with zero attached hydrogens (tertiary/aromatic N) is 2. The van der Waals surface area contributed by atoms with Gasteiger partial charge in [-0.3, -0.25) is 9.59 Å². The van der Waals surface area contributed by atoms with Crippen LogP contribution in [0.15, 0.2) is 42.6 Å². The number of ether oxygens (including phenoxy) is 1. The third-order valence-corrected chi connectivity index (χ3v) is 3.76. The quantitative estimate of drug-likeness (QED) is 0.773. The van der Waals surface area contributed by atoms with Gasteiger partial charge in [0.25, 0.3) is 11.8 Å². The Labute approximate surface area is 118 Å². The highest BCUT2D eigenvalue weighted by molar-refractivity contribution is 6.05. The van der Waals surface area contributed by atoms with Gasteiger partial charge in [-0.2, -0.15) is 0 Å². The highest BCUT2D eigenvalue weighted by Gasteiger charge is 2.52. The normalized spacial score (nSPS) is 23.4. The lowest BCUT2D eigenvalue weighted by molar-refractivity contribution is -0.190. The first-order valence-corrected chi connectivity index (χ1v) is 6.28. The average Bonchev–Trinajstić information content (AvgIpc) is 2.49. The van der Waals surface area contributed by atoms with E-state index in [-0.39, 0.29) is 17.5 Å². The maximum Gasteiger partial charge on any atom is 0.280 e. The molecule has 0 aromatic heterocycles. The van der Waals surface area contributed by atoms with Gasteiger partial charge in [-0.15, -0.1) is 0 Å². The molecule has 1 aliphatic heterocycles. The molecule has 0 aliphatic carbocycles. The summed E-state index contributed by atoms with van der Waals surface area (Å²) in [5.74, 6) is -0.610.